The van der Waals surface area contributed by atoms with E-state index in [4.69, 9.17) is 14.2 Å². The van der Waals surface area contributed by atoms with Gasteiger partial charge < -0.3 is 19.5 Å². The van der Waals surface area contributed by atoms with Crippen LogP contribution >= 0.6 is 0 Å². The molecule has 0 spiro atoms. The monoisotopic (exact) mass is 476 g/mol. The third-order valence-electron chi connectivity index (χ3n) is 5.22. The van der Waals surface area contributed by atoms with Crippen LogP contribution in [0.3, 0.4) is 0 Å². The Morgan fingerprint density at radius 1 is 1.09 bits per heavy atom. The fourth-order valence-corrected chi connectivity index (χ4v) is 4.37. The number of ether oxygens (including phenoxy) is 3. The van der Waals surface area contributed by atoms with Crippen LogP contribution in [-0.2, 0) is 20.2 Å². The highest BCUT2D eigenvalue weighted by atomic mass is 32.2. The SMILES string of the molecule is CC(C)(C)c1ccc(OCCNC(=O)CCCN(c2ccc3c(c2)OCO3)S(C)(=O)=O)cc1. The second-order valence-electron chi connectivity index (χ2n) is 8.95. The van der Waals surface area contributed by atoms with Crippen molar-refractivity contribution in [1.29, 1.82) is 0 Å². The van der Waals surface area contributed by atoms with Crippen LogP contribution in [0.25, 0.3) is 0 Å². The van der Waals surface area contributed by atoms with Crippen molar-refractivity contribution in [3.8, 4) is 17.2 Å². The smallest absolute Gasteiger partial charge is 0.232 e. The topological polar surface area (TPSA) is 94.2 Å². The Bertz CT molecular complexity index is 1060. The van der Waals surface area contributed by atoms with Gasteiger partial charge in [-0.15, -0.1) is 0 Å². The lowest BCUT2D eigenvalue weighted by Gasteiger charge is -2.22. The third-order valence-corrected chi connectivity index (χ3v) is 6.42. The first-order valence-corrected chi connectivity index (χ1v) is 12.8. The van der Waals surface area contributed by atoms with Crippen LogP contribution in [0.5, 0.6) is 17.2 Å². The van der Waals surface area contributed by atoms with Crippen LogP contribution in [-0.4, -0.2) is 47.1 Å². The van der Waals surface area contributed by atoms with E-state index in [9.17, 15) is 13.2 Å². The summed E-state index contributed by atoms with van der Waals surface area (Å²) < 4.78 is 42.1. The first-order chi connectivity index (χ1) is 15.5. The van der Waals surface area contributed by atoms with E-state index in [0.29, 0.717) is 36.8 Å². The number of carbonyl (C=O) groups is 1. The number of hydrogen-bond donors (Lipinski definition) is 1. The molecule has 2 aromatic carbocycles. The molecular weight excluding hydrogens is 444 g/mol. The summed E-state index contributed by atoms with van der Waals surface area (Å²) in [5.41, 5.74) is 1.79. The van der Waals surface area contributed by atoms with E-state index >= 15 is 0 Å². The second kappa shape index (κ2) is 10.3. The van der Waals surface area contributed by atoms with Crippen molar-refractivity contribution in [3.05, 3.63) is 48.0 Å². The molecule has 0 bridgehead atoms. The molecule has 3 rings (SSSR count). The Hall–Kier alpha value is -2.94. The number of nitrogens with one attached hydrogen (secondary N) is 1. The maximum Gasteiger partial charge on any atom is 0.232 e. The minimum atomic E-state index is -3.51. The molecule has 8 nitrogen and oxygen atoms in total. The van der Waals surface area contributed by atoms with Gasteiger partial charge in [-0.1, -0.05) is 32.9 Å². The first-order valence-electron chi connectivity index (χ1n) is 10.9. The molecule has 1 aliphatic rings. The summed E-state index contributed by atoms with van der Waals surface area (Å²) in [5, 5.41) is 2.81. The standard InChI is InChI=1S/C24H32N2O6S/c1-24(2,3)18-7-10-20(11-8-18)30-15-13-25-23(27)6-5-14-26(33(4,28)29)19-9-12-21-22(16-19)32-17-31-21/h7-12,16H,5-6,13-15,17H2,1-4H3,(H,25,27). The zero-order valence-electron chi connectivity index (χ0n) is 19.6. The molecule has 1 heterocycles. The molecular formula is C24H32N2O6S. The molecule has 0 atom stereocenters. The first kappa shape index (κ1) is 24.7. The number of sulfonamides is 1. The maximum absolute atomic E-state index is 12.3. The molecule has 0 radical (unpaired) electrons. The summed E-state index contributed by atoms with van der Waals surface area (Å²) >= 11 is 0. The van der Waals surface area contributed by atoms with Gasteiger partial charge in [0.05, 0.1) is 18.5 Å². The van der Waals surface area contributed by atoms with Crippen molar-refractivity contribution < 1.29 is 27.4 Å². The molecule has 33 heavy (non-hydrogen) atoms. The van der Waals surface area contributed by atoms with Crippen molar-refractivity contribution in [2.75, 3.05) is 37.1 Å². The van der Waals surface area contributed by atoms with E-state index in [-0.39, 0.29) is 31.1 Å². The van der Waals surface area contributed by atoms with E-state index in [1.165, 1.54) is 9.87 Å². The molecule has 0 saturated heterocycles. The average Bonchev–Trinajstić information content (AvgIpc) is 3.21. The lowest BCUT2D eigenvalue weighted by atomic mass is 9.87. The predicted octanol–water partition coefficient (Wildman–Crippen LogP) is 3.45. The largest absolute Gasteiger partial charge is 0.492 e. The van der Waals surface area contributed by atoms with Crippen LogP contribution < -0.4 is 23.8 Å². The fraction of sp³-hybridized carbons (Fsp3) is 0.458. The number of rotatable bonds is 10. The summed E-state index contributed by atoms with van der Waals surface area (Å²) in [6, 6.07) is 12.9. The second-order valence-corrected chi connectivity index (χ2v) is 10.9. The van der Waals surface area contributed by atoms with Crippen LogP contribution in [0.4, 0.5) is 5.69 Å². The van der Waals surface area contributed by atoms with E-state index in [0.717, 1.165) is 12.0 Å². The zero-order valence-corrected chi connectivity index (χ0v) is 20.4. The highest BCUT2D eigenvalue weighted by Crippen LogP contribution is 2.36. The van der Waals surface area contributed by atoms with Gasteiger partial charge in [-0.3, -0.25) is 9.10 Å². The van der Waals surface area contributed by atoms with Gasteiger partial charge >= 0.3 is 0 Å². The van der Waals surface area contributed by atoms with Gasteiger partial charge in [0.2, 0.25) is 22.7 Å². The van der Waals surface area contributed by atoms with Crippen molar-refractivity contribution in [2.45, 2.75) is 39.0 Å². The van der Waals surface area contributed by atoms with Crippen LogP contribution in [0.1, 0.15) is 39.2 Å². The molecule has 0 aromatic heterocycles. The molecule has 1 aliphatic heterocycles. The van der Waals surface area contributed by atoms with Gasteiger partial charge in [-0.25, -0.2) is 8.42 Å². The molecule has 0 saturated carbocycles. The molecule has 1 N–H and O–H groups in total. The number of carbonyl (C=O) groups excluding carboxylic acids is 1. The van der Waals surface area contributed by atoms with Crippen molar-refractivity contribution in [2.24, 2.45) is 0 Å². The highest BCUT2D eigenvalue weighted by Gasteiger charge is 2.21. The predicted molar refractivity (Wildman–Crippen MR) is 128 cm³/mol. The lowest BCUT2D eigenvalue weighted by molar-refractivity contribution is -0.121. The minimum absolute atomic E-state index is 0.0852. The van der Waals surface area contributed by atoms with E-state index < -0.39 is 10.0 Å². The van der Waals surface area contributed by atoms with Crippen LogP contribution in [0.15, 0.2) is 42.5 Å². The van der Waals surface area contributed by atoms with Gasteiger partial charge in [0, 0.05) is 19.0 Å². The number of benzene rings is 2. The van der Waals surface area contributed by atoms with Gasteiger partial charge in [-0.2, -0.15) is 0 Å². The maximum atomic E-state index is 12.3. The summed E-state index contributed by atoms with van der Waals surface area (Å²) in [5.74, 6) is 1.69. The molecule has 0 aliphatic carbocycles. The summed E-state index contributed by atoms with van der Waals surface area (Å²) in [7, 11) is -3.51. The van der Waals surface area contributed by atoms with Gasteiger partial charge in [-0.05, 0) is 41.7 Å². The Morgan fingerprint density at radius 2 is 1.79 bits per heavy atom. The quantitative estimate of drug-likeness (QED) is 0.528. The molecule has 9 heteroatoms. The van der Waals surface area contributed by atoms with Crippen LogP contribution in [0.2, 0.25) is 0 Å². The number of anilines is 1. The fourth-order valence-electron chi connectivity index (χ4n) is 3.41. The Morgan fingerprint density at radius 3 is 2.45 bits per heavy atom. The van der Waals surface area contributed by atoms with Crippen molar-refractivity contribution in [3.63, 3.8) is 0 Å². The summed E-state index contributed by atoms with van der Waals surface area (Å²) in [6.07, 6.45) is 1.72. The normalized spacial score (nSPS) is 13.0. The third kappa shape index (κ3) is 7.02. The van der Waals surface area contributed by atoms with Gasteiger partial charge in [0.25, 0.3) is 0 Å². The molecule has 180 valence electrons. The Balaban J connectivity index is 1.41. The molecule has 0 fully saturated rings. The average molecular weight is 477 g/mol. The number of fused-ring (bicyclic) bond motifs is 1. The molecule has 2 aromatic rings. The van der Waals surface area contributed by atoms with E-state index in [1.54, 1.807) is 18.2 Å². The van der Waals surface area contributed by atoms with Crippen molar-refractivity contribution in [1.82, 2.24) is 5.32 Å². The summed E-state index contributed by atoms with van der Waals surface area (Å²) in [4.78, 5) is 12.2. The molecule has 0 unspecified atom stereocenters. The molecule has 1 amide bonds. The highest BCUT2D eigenvalue weighted by molar-refractivity contribution is 7.92. The Kier molecular flexibility index (Phi) is 7.73. The van der Waals surface area contributed by atoms with E-state index in [2.05, 4.69) is 26.1 Å². The minimum Gasteiger partial charge on any atom is -0.492 e. The zero-order chi connectivity index (χ0) is 24.1. The number of hydrogen-bond acceptors (Lipinski definition) is 6. The van der Waals surface area contributed by atoms with Crippen molar-refractivity contribution >= 4 is 21.6 Å². The van der Waals surface area contributed by atoms with Gasteiger partial charge in [0.1, 0.15) is 12.4 Å². The summed E-state index contributed by atoms with van der Waals surface area (Å²) in [6.45, 7) is 7.49. The lowest BCUT2D eigenvalue weighted by Crippen LogP contribution is -2.32. The van der Waals surface area contributed by atoms with Gasteiger partial charge in [0.15, 0.2) is 11.5 Å². The van der Waals surface area contributed by atoms with Crippen LogP contribution in [0, 0.1) is 0 Å². The van der Waals surface area contributed by atoms with E-state index in [1.807, 2.05) is 24.3 Å². The number of nitrogens with zero attached hydrogens (tertiary/aromatic N) is 1. The Labute approximate surface area is 195 Å². The number of amides is 1.